The van der Waals surface area contributed by atoms with Gasteiger partial charge in [0, 0.05) is 18.9 Å². The highest BCUT2D eigenvalue weighted by molar-refractivity contribution is 5.69. The second-order valence-corrected chi connectivity index (χ2v) is 5.98. The van der Waals surface area contributed by atoms with Crippen LogP contribution in [-0.4, -0.2) is 18.7 Å². The normalized spacial score (nSPS) is 17.2. The molecule has 20 heavy (non-hydrogen) atoms. The maximum Gasteiger partial charge on any atom is 0.305 e. The highest BCUT2D eigenvalue weighted by Crippen LogP contribution is 2.36. The highest BCUT2D eigenvalue weighted by atomic mass is 16.5. The van der Waals surface area contributed by atoms with E-state index >= 15 is 0 Å². The molecule has 0 saturated heterocycles. The van der Waals surface area contributed by atoms with Gasteiger partial charge in [-0.15, -0.1) is 0 Å². The standard InChI is InChI=1S/C16H23NO3/c1-16(2)10-12-9-11(7-8-14(12)20-16)13(17)5-4-6-15(18)19-3/h7-9,13H,4-6,10,17H2,1-3H3. The first-order valence-electron chi connectivity index (χ1n) is 7.05. The zero-order chi connectivity index (χ0) is 14.8. The Morgan fingerprint density at radius 2 is 2.25 bits per heavy atom. The molecule has 0 bridgehead atoms. The van der Waals surface area contributed by atoms with Gasteiger partial charge in [-0.3, -0.25) is 4.79 Å². The lowest BCUT2D eigenvalue weighted by molar-refractivity contribution is -0.140. The first-order valence-corrected chi connectivity index (χ1v) is 7.05. The number of hydrogen-bond donors (Lipinski definition) is 1. The van der Waals surface area contributed by atoms with Crippen molar-refractivity contribution in [3.05, 3.63) is 29.3 Å². The number of nitrogens with two attached hydrogens (primary N) is 1. The molecule has 1 aromatic carbocycles. The van der Waals surface area contributed by atoms with E-state index in [1.54, 1.807) is 0 Å². The average molecular weight is 277 g/mol. The molecule has 0 amide bonds. The summed E-state index contributed by atoms with van der Waals surface area (Å²) in [6.45, 7) is 4.17. The molecule has 1 aliphatic heterocycles. The number of carbonyl (C=O) groups is 1. The van der Waals surface area contributed by atoms with E-state index in [-0.39, 0.29) is 17.6 Å². The van der Waals surface area contributed by atoms with Crippen LogP contribution < -0.4 is 10.5 Å². The Kier molecular flexibility index (Phi) is 4.33. The quantitative estimate of drug-likeness (QED) is 0.841. The van der Waals surface area contributed by atoms with Crippen LogP contribution in [0.3, 0.4) is 0 Å². The molecule has 0 radical (unpaired) electrons. The second-order valence-electron chi connectivity index (χ2n) is 5.98. The molecule has 110 valence electrons. The Morgan fingerprint density at radius 1 is 1.50 bits per heavy atom. The van der Waals surface area contributed by atoms with Crippen molar-refractivity contribution in [3.63, 3.8) is 0 Å². The number of methoxy groups -OCH3 is 1. The van der Waals surface area contributed by atoms with Crippen LogP contribution in [0.25, 0.3) is 0 Å². The largest absolute Gasteiger partial charge is 0.487 e. The zero-order valence-electron chi connectivity index (χ0n) is 12.4. The summed E-state index contributed by atoms with van der Waals surface area (Å²) in [5, 5.41) is 0. The van der Waals surface area contributed by atoms with E-state index in [4.69, 9.17) is 10.5 Å². The van der Waals surface area contributed by atoms with Crippen LogP contribution in [0.4, 0.5) is 0 Å². The third kappa shape index (κ3) is 3.51. The number of esters is 1. The molecule has 1 heterocycles. The van der Waals surface area contributed by atoms with E-state index in [0.717, 1.165) is 30.6 Å². The summed E-state index contributed by atoms with van der Waals surface area (Å²) in [5.41, 5.74) is 8.39. The van der Waals surface area contributed by atoms with Crippen LogP contribution in [0.2, 0.25) is 0 Å². The summed E-state index contributed by atoms with van der Waals surface area (Å²) in [6.07, 6.45) is 2.85. The summed E-state index contributed by atoms with van der Waals surface area (Å²) >= 11 is 0. The van der Waals surface area contributed by atoms with Gasteiger partial charge in [0.15, 0.2) is 0 Å². The molecule has 0 spiro atoms. The Morgan fingerprint density at radius 3 is 2.95 bits per heavy atom. The van der Waals surface area contributed by atoms with Crippen molar-refractivity contribution in [2.24, 2.45) is 5.73 Å². The summed E-state index contributed by atoms with van der Waals surface area (Å²) < 4.78 is 10.5. The van der Waals surface area contributed by atoms with Gasteiger partial charge in [-0.05, 0) is 43.9 Å². The summed E-state index contributed by atoms with van der Waals surface area (Å²) in [6, 6.07) is 6.10. The Labute approximate surface area is 120 Å². The topological polar surface area (TPSA) is 61.5 Å². The molecule has 1 atom stereocenters. The molecule has 0 aromatic heterocycles. The fourth-order valence-corrected chi connectivity index (χ4v) is 2.60. The molecular weight excluding hydrogens is 254 g/mol. The number of benzene rings is 1. The Hall–Kier alpha value is -1.55. The average Bonchev–Trinajstić information content (AvgIpc) is 2.70. The number of carbonyl (C=O) groups excluding carboxylic acids is 1. The van der Waals surface area contributed by atoms with E-state index in [0.29, 0.717) is 6.42 Å². The van der Waals surface area contributed by atoms with Gasteiger partial charge >= 0.3 is 5.97 Å². The molecule has 2 rings (SSSR count). The minimum Gasteiger partial charge on any atom is -0.487 e. The maximum absolute atomic E-state index is 11.1. The fraction of sp³-hybridized carbons (Fsp3) is 0.562. The van der Waals surface area contributed by atoms with Gasteiger partial charge < -0.3 is 15.2 Å². The third-order valence-corrected chi connectivity index (χ3v) is 3.64. The van der Waals surface area contributed by atoms with Crippen LogP contribution in [0, 0.1) is 0 Å². The van der Waals surface area contributed by atoms with E-state index in [9.17, 15) is 4.79 Å². The van der Waals surface area contributed by atoms with Gasteiger partial charge in [-0.1, -0.05) is 12.1 Å². The Bertz CT molecular complexity index is 496. The molecule has 4 nitrogen and oxygen atoms in total. The van der Waals surface area contributed by atoms with Crippen molar-refractivity contribution in [3.8, 4) is 5.75 Å². The van der Waals surface area contributed by atoms with E-state index in [1.807, 2.05) is 12.1 Å². The van der Waals surface area contributed by atoms with Crippen molar-refractivity contribution in [1.29, 1.82) is 0 Å². The molecule has 0 saturated carbocycles. The van der Waals surface area contributed by atoms with Crippen LogP contribution in [0.5, 0.6) is 5.75 Å². The van der Waals surface area contributed by atoms with Gasteiger partial charge in [0.25, 0.3) is 0 Å². The number of fused-ring (bicyclic) bond motifs is 1. The monoisotopic (exact) mass is 277 g/mol. The van der Waals surface area contributed by atoms with Gasteiger partial charge in [0.05, 0.1) is 7.11 Å². The molecule has 1 unspecified atom stereocenters. The predicted octanol–water partition coefficient (Wildman–Crippen LogP) is 2.74. The maximum atomic E-state index is 11.1. The van der Waals surface area contributed by atoms with Gasteiger partial charge in [-0.25, -0.2) is 0 Å². The van der Waals surface area contributed by atoms with E-state index in [1.165, 1.54) is 12.7 Å². The molecule has 0 aliphatic carbocycles. The Balaban J connectivity index is 1.95. The van der Waals surface area contributed by atoms with E-state index in [2.05, 4.69) is 24.7 Å². The van der Waals surface area contributed by atoms with Crippen molar-refractivity contribution < 1.29 is 14.3 Å². The van der Waals surface area contributed by atoms with Crippen molar-refractivity contribution in [2.45, 2.75) is 51.2 Å². The molecular formula is C16H23NO3. The molecule has 2 N–H and O–H groups in total. The number of hydrogen-bond acceptors (Lipinski definition) is 4. The van der Waals surface area contributed by atoms with Crippen molar-refractivity contribution >= 4 is 5.97 Å². The summed E-state index contributed by atoms with van der Waals surface area (Å²) in [4.78, 5) is 11.1. The lowest BCUT2D eigenvalue weighted by Gasteiger charge is -2.16. The van der Waals surface area contributed by atoms with Gasteiger partial charge in [0.1, 0.15) is 11.4 Å². The lowest BCUT2D eigenvalue weighted by Crippen LogP contribution is -2.24. The zero-order valence-corrected chi connectivity index (χ0v) is 12.4. The smallest absolute Gasteiger partial charge is 0.305 e. The summed E-state index contributed by atoms with van der Waals surface area (Å²) in [7, 11) is 1.41. The first-order chi connectivity index (χ1) is 9.41. The van der Waals surface area contributed by atoms with Crippen LogP contribution in [-0.2, 0) is 16.0 Å². The van der Waals surface area contributed by atoms with Crippen LogP contribution in [0.1, 0.15) is 50.3 Å². The van der Waals surface area contributed by atoms with Gasteiger partial charge in [-0.2, -0.15) is 0 Å². The highest BCUT2D eigenvalue weighted by Gasteiger charge is 2.30. The van der Waals surface area contributed by atoms with Crippen LogP contribution >= 0.6 is 0 Å². The molecule has 1 aliphatic rings. The molecule has 4 heteroatoms. The molecule has 0 fully saturated rings. The number of rotatable bonds is 5. The number of ether oxygens (including phenoxy) is 2. The second kappa shape index (κ2) is 5.83. The van der Waals surface area contributed by atoms with Crippen molar-refractivity contribution in [2.75, 3.05) is 7.11 Å². The van der Waals surface area contributed by atoms with Gasteiger partial charge in [0.2, 0.25) is 0 Å². The predicted molar refractivity (Wildman–Crippen MR) is 77.6 cm³/mol. The minimum atomic E-state index is -0.179. The summed E-state index contributed by atoms with van der Waals surface area (Å²) in [5.74, 6) is 0.779. The van der Waals surface area contributed by atoms with Crippen molar-refractivity contribution in [1.82, 2.24) is 0 Å². The fourth-order valence-electron chi connectivity index (χ4n) is 2.60. The van der Waals surface area contributed by atoms with E-state index < -0.39 is 0 Å². The van der Waals surface area contributed by atoms with Crippen LogP contribution in [0.15, 0.2) is 18.2 Å². The molecule has 1 aromatic rings. The minimum absolute atomic E-state index is 0.0475. The lowest BCUT2D eigenvalue weighted by atomic mass is 9.96. The third-order valence-electron chi connectivity index (χ3n) is 3.64. The SMILES string of the molecule is COC(=O)CCCC(N)c1ccc2c(c1)CC(C)(C)O2. The first kappa shape index (κ1) is 14.9.